The summed E-state index contributed by atoms with van der Waals surface area (Å²) in [5.41, 5.74) is 1.29. The van der Waals surface area contributed by atoms with Crippen molar-refractivity contribution in [2.24, 2.45) is 0 Å². The Balaban J connectivity index is 0.00000243. The molecule has 1 aromatic carbocycles. The molecule has 2 aromatic rings. The molecule has 2 N–H and O–H groups in total. The smallest absolute Gasteiger partial charge is 0.255 e. The minimum atomic E-state index is -0.764. The number of benzene rings is 1. The van der Waals surface area contributed by atoms with Crippen LogP contribution in [-0.4, -0.2) is 43.1 Å². The number of anilines is 1. The number of ether oxygens (including phenoxy) is 2. The Morgan fingerprint density at radius 3 is 2.46 bits per heavy atom. The van der Waals surface area contributed by atoms with Crippen LogP contribution in [0.15, 0.2) is 53.5 Å². The number of methoxy groups -OCH3 is 2. The zero-order valence-corrected chi connectivity index (χ0v) is 15.4. The molecule has 0 radical (unpaired) electrons. The molecule has 26 heavy (non-hydrogen) atoms. The Hall–Kier alpha value is -2.19. The molecule has 8 heteroatoms. The minimum absolute atomic E-state index is 0. The Morgan fingerprint density at radius 2 is 1.88 bits per heavy atom. The average molecular weight is 380 g/mol. The van der Waals surface area contributed by atoms with Crippen LogP contribution in [-0.2, 0) is 14.3 Å². The van der Waals surface area contributed by atoms with Gasteiger partial charge in [-0.2, -0.15) is 0 Å². The Bertz CT molecular complexity index is 803. The van der Waals surface area contributed by atoms with Crippen molar-refractivity contribution in [1.29, 1.82) is 0 Å². The predicted octanol–water partition coefficient (Wildman–Crippen LogP) is 1.55. The van der Waals surface area contributed by atoms with Crippen molar-refractivity contribution in [3.63, 3.8) is 0 Å². The van der Waals surface area contributed by atoms with Crippen LogP contribution in [0.2, 0.25) is 0 Å². The molecule has 1 aromatic heterocycles. The van der Waals surface area contributed by atoms with Crippen LogP contribution in [0.3, 0.4) is 0 Å². The van der Waals surface area contributed by atoms with Gasteiger partial charge in [0.2, 0.25) is 5.91 Å². The summed E-state index contributed by atoms with van der Waals surface area (Å²) in [5, 5.41) is 5.97. The highest BCUT2D eigenvalue weighted by Gasteiger charge is 2.42. The van der Waals surface area contributed by atoms with Crippen molar-refractivity contribution in [1.82, 2.24) is 9.88 Å². The fraction of sp³-hybridized carbons (Fsp3) is 0.333. The standard InChI is InChI=1S/C18H21N3O4.ClH/c1-24-18(25-2)11-15(19-12-18)17(23)20-13-6-8-14(9-7-13)21-10-4-3-5-16(21)22;/h3-10,15,19H,11-12H2,1-2H3,(H,20,23);1H. The first kappa shape index (κ1) is 20.1. The van der Waals surface area contributed by atoms with Gasteiger partial charge in [-0.3, -0.25) is 14.2 Å². The number of nitrogens with one attached hydrogen (secondary N) is 2. The zero-order valence-electron chi connectivity index (χ0n) is 14.6. The average Bonchev–Trinajstić information content (AvgIpc) is 3.08. The van der Waals surface area contributed by atoms with Gasteiger partial charge in [0.25, 0.3) is 5.56 Å². The molecule has 1 fully saturated rings. The van der Waals surface area contributed by atoms with Gasteiger partial charge in [0.1, 0.15) is 0 Å². The second kappa shape index (κ2) is 8.46. The molecule has 0 saturated carbocycles. The maximum absolute atomic E-state index is 12.4. The number of pyridine rings is 1. The van der Waals surface area contributed by atoms with Gasteiger partial charge in [-0.25, -0.2) is 0 Å². The molecule has 7 nitrogen and oxygen atoms in total. The topological polar surface area (TPSA) is 81.6 Å². The second-order valence-electron chi connectivity index (χ2n) is 5.90. The molecule has 1 amide bonds. The van der Waals surface area contributed by atoms with Gasteiger partial charge in [-0.05, 0) is 30.3 Å². The quantitative estimate of drug-likeness (QED) is 0.770. The SMILES string of the molecule is COC1(OC)CNC(C(=O)Nc2ccc(-n3ccccc3=O)cc2)C1.Cl. The van der Waals surface area contributed by atoms with E-state index in [1.165, 1.54) is 10.6 Å². The van der Waals surface area contributed by atoms with Crippen molar-refractivity contribution in [3.8, 4) is 5.69 Å². The van der Waals surface area contributed by atoms with E-state index in [0.29, 0.717) is 18.7 Å². The fourth-order valence-corrected chi connectivity index (χ4v) is 2.89. The van der Waals surface area contributed by atoms with Crippen molar-refractivity contribution < 1.29 is 14.3 Å². The molecule has 1 atom stereocenters. The van der Waals surface area contributed by atoms with Crippen LogP contribution in [0.25, 0.3) is 5.69 Å². The number of carbonyl (C=O) groups excluding carboxylic acids is 1. The van der Waals surface area contributed by atoms with Crippen LogP contribution in [0.1, 0.15) is 6.42 Å². The summed E-state index contributed by atoms with van der Waals surface area (Å²) in [6, 6.07) is 11.7. The summed E-state index contributed by atoms with van der Waals surface area (Å²) in [6.07, 6.45) is 2.14. The lowest BCUT2D eigenvalue weighted by molar-refractivity contribution is -0.192. The first-order chi connectivity index (χ1) is 12.1. The summed E-state index contributed by atoms with van der Waals surface area (Å²) >= 11 is 0. The third-order valence-electron chi connectivity index (χ3n) is 4.43. The number of aromatic nitrogens is 1. The molecule has 0 aliphatic carbocycles. The highest BCUT2D eigenvalue weighted by Crippen LogP contribution is 2.24. The first-order valence-electron chi connectivity index (χ1n) is 7.99. The van der Waals surface area contributed by atoms with Crippen molar-refractivity contribution in [2.45, 2.75) is 18.2 Å². The maximum atomic E-state index is 12.4. The zero-order chi connectivity index (χ0) is 17.9. The molecule has 1 aliphatic heterocycles. The lowest BCUT2D eigenvalue weighted by Gasteiger charge is -2.24. The summed E-state index contributed by atoms with van der Waals surface area (Å²) < 4.78 is 12.3. The van der Waals surface area contributed by atoms with E-state index < -0.39 is 11.8 Å². The van der Waals surface area contributed by atoms with Crippen molar-refractivity contribution in [3.05, 3.63) is 59.0 Å². The Morgan fingerprint density at radius 1 is 1.19 bits per heavy atom. The third kappa shape index (κ3) is 4.13. The van der Waals surface area contributed by atoms with Gasteiger partial charge in [0.15, 0.2) is 5.79 Å². The highest BCUT2D eigenvalue weighted by atomic mass is 35.5. The molecule has 1 aliphatic rings. The molecular formula is C18H22ClN3O4. The van der Waals surface area contributed by atoms with Crippen LogP contribution in [0.4, 0.5) is 5.69 Å². The summed E-state index contributed by atoms with van der Waals surface area (Å²) in [4.78, 5) is 24.2. The van der Waals surface area contributed by atoms with Crippen LogP contribution >= 0.6 is 12.4 Å². The number of hydrogen-bond donors (Lipinski definition) is 2. The van der Waals surface area contributed by atoms with Gasteiger partial charge in [-0.15, -0.1) is 12.4 Å². The number of carbonyl (C=O) groups is 1. The van der Waals surface area contributed by atoms with Crippen LogP contribution < -0.4 is 16.2 Å². The lowest BCUT2D eigenvalue weighted by atomic mass is 10.1. The Kier molecular flexibility index (Phi) is 6.55. The molecule has 140 valence electrons. The molecular weight excluding hydrogens is 358 g/mol. The van der Waals surface area contributed by atoms with E-state index in [0.717, 1.165) is 5.69 Å². The van der Waals surface area contributed by atoms with Gasteiger partial charge >= 0.3 is 0 Å². The van der Waals surface area contributed by atoms with Crippen LogP contribution in [0, 0.1) is 0 Å². The lowest BCUT2D eigenvalue weighted by Crippen LogP contribution is -2.35. The Labute approximate surface area is 157 Å². The molecule has 1 unspecified atom stereocenters. The largest absolute Gasteiger partial charge is 0.352 e. The highest BCUT2D eigenvalue weighted by molar-refractivity contribution is 5.95. The van der Waals surface area contributed by atoms with E-state index >= 15 is 0 Å². The first-order valence-corrected chi connectivity index (χ1v) is 7.99. The van der Waals surface area contributed by atoms with E-state index in [1.54, 1.807) is 56.8 Å². The molecule has 2 heterocycles. The van der Waals surface area contributed by atoms with Crippen LogP contribution in [0.5, 0.6) is 0 Å². The normalized spacial score (nSPS) is 18.2. The van der Waals surface area contributed by atoms with E-state index in [1.807, 2.05) is 0 Å². The van der Waals surface area contributed by atoms with Crippen molar-refractivity contribution >= 4 is 24.0 Å². The number of rotatable bonds is 5. The summed E-state index contributed by atoms with van der Waals surface area (Å²) in [5.74, 6) is -0.916. The van der Waals surface area contributed by atoms with Gasteiger partial charge < -0.3 is 20.1 Å². The van der Waals surface area contributed by atoms with Gasteiger partial charge in [0, 0.05) is 44.3 Å². The van der Waals surface area contributed by atoms with Gasteiger partial charge in [0.05, 0.1) is 12.6 Å². The van der Waals surface area contributed by atoms with E-state index in [-0.39, 0.29) is 23.9 Å². The molecule has 0 bridgehead atoms. The van der Waals surface area contributed by atoms with Crippen molar-refractivity contribution in [2.75, 3.05) is 26.1 Å². The number of nitrogens with zero attached hydrogens (tertiary/aromatic N) is 1. The second-order valence-corrected chi connectivity index (χ2v) is 5.90. The predicted molar refractivity (Wildman–Crippen MR) is 101 cm³/mol. The third-order valence-corrected chi connectivity index (χ3v) is 4.43. The number of halogens is 1. The van der Waals surface area contributed by atoms with Gasteiger partial charge in [-0.1, -0.05) is 6.07 Å². The fourth-order valence-electron chi connectivity index (χ4n) is 2.89. The van der Waals surface area contributed by atoms with E-state index in [9.17, 15) is 9.59 Å². The summed E-state index contributed by atoms with van der Waals surface area (Å²) in [7, 11) is 3.13. The monoisotopic (exact) mass is 379 g/mol. The molecule has 3 rings (SSSR count). The molecule has 0 spiro atoms. The number of amides is 1. The number of hydrogen-bond acceptors (Lipinski definition) is 5. The maximum Gasteiger partial charge on any atom is 0.255 e. The minimum Gasteiger partial charge on any atom is -0.352 e. The van der Waals surface area contributed by atoms with E-state index in [2.05, 4.69) is 10.6 Å². The molecule has 1 saturated heterocycles. The summed E-state index contributed by atoms with van der Waals surface area (Å²) in [6.45, 7) is 0.452. The van der Waals surface area contributed by atoms with E-state index in [4.69, 9.17) is 9.47 Å².